The van der Waals surface area contributed by atoms with E-state index in [9.17, 15) is 10.2 Å². The molecule has 2 aliphatic heterocycles. The fourth-order valence-corrected chi connectivity index (χ4v) is 7.48. The summed E-state index contributed by atoms with van der Waals surface area (Å²) in [6, 6.07) is 13.8. The Kier molecular flexibility index (Phi) is 8.03. The Labute approximate surface area is 225 Å². The van der Waals surface area contributed by atoms with Gasteiger partial charge in [0.25, 0.3) is 0 Å². The van der Waals surface area contributed by atoms with Crippen molar-refractivity contribution in [1.29, 1.82) is 0 Å². The van der Waals surface area contributed by atoms with Crippen LogP contribution in [-0.2, 0) is 6.42 Å². The Morgan fingerprint density at radius 3 is 1.41 bits per heavy atom. The van der Waals surface area contributed by atoms with Crippen molar-refractivity contribution < 1.29 is 10.2 Å². The smallest absolute Gasteiger partial charge is 0.124 e. The lowest BCUT2D eigenvalue weighted by Gasteiger charge is -2.51. The van der Waals surface area contributed by atoms with Gasteiger partial charge in [-0.05, 0) is 119 Å². The molecule has 0 spiro atoms. The third kappa shape index (κ3) is 4.92. The van der Waals surface area contributed by atoms with Gasteiger partial charge in [0.1, 0.15) is 12.5 Å². The minimum atomic E-state index is -0.510. The average molecular weight is 507 g/mol. The number of hydrogen-bond donors (Lipinski definition) is 2. The molecule has 0 amide bonds. The maximum atomic E-state index is 10.7. The van der Waals surface area contributed by atoms with E-state index < -0.39 is 12.5 Å². The molecule has 6 atom stereocenters. The fraction of sp³-hybridized carbons (Fsp3) is 0.636. The molecule has 4 nitrogen and oxygen atoms in total. The molecule has 4 rings (SSSR count). The number of benzene rings is 2. The zero-order valence-corrected chi connectivity index (χ0v) is 24.5. The molecule has 2 heterocycles. The van der Waals surface area contributed by atoms with Gasteiger partial charge in [-0.1, -0.05) is 52.0 Å². The predicted molar refractivity (Wildman–Crippen MR) is 157 cm³/mol. The van der Waals surface area contributed by atoms with Crippen molar-refractivity contribution in [3.05, 3.63) is 58.7 Å². The molecule has 0 aliphatic carbocycles. The monoisotopic (exact) mass is 506 g/mol. The van der Waals surface area contributed by atoms with Crippen LogP contribution in [0.1, 0.15) is 128 Å². The van der Waals surface area contributed by atoms with Gasteiger partial charge in [0.2, 0.25) is 0 Å². The van der Waals surface area contributed by atoms with E-state index in [1.165, 1.54) is 33.6 Å². The number of aliphatic hydroxyl groups is 2. The molecule has 2 aromatic carbocycles. The first kappa shape index (κ1) is 28.0. The van der Waals surface area contributed by atoms with E-state index in [4.69, 9.17) is 0 Å². The van der Waals surface area contributed by atoms with E-state index in [1.807, 2.05) is 13.8 Å². The molecule has 2 aromatic rings. The number of rotatable bonds is 8. The van der Waals surface area contributed by atoms with Crippen molar-refractivity contribution in [2.45, 2.75) is 136 Å². The Morgan fingerprint density at radius 1 is 0.730 bits per heavy atom. The maximum absolute atomic E-state index is 10.7. The molecule has 4 heteroatoms. The van der Waals surface area contributed by atoms with Crippen molar-refractivity contribution in [1.82, 2.24) is 0 Å². The first-order valence-corrected chi connectivity index (χ1v) is 14.7. The second-order valence-corrected chi connectivity index (χ2v) is 12.3. The highest BCUT2D eigenvalue weighted by Gasteiger charge is 2.42. The topological polar surface area (TPSA) is 46.9 Å². The molecular formula is C33H50N2O2. The zero-order valence-electron chi connectivity index (χ0n) is 24.5. The van der Waals surface area contributed by atoms with Gasteiger partial charge in [-0.3, -0.25) is 0 Å². The van der Waals surface area contributed by atoms with Crippen LogP contribution in [0.4, 0.5) is 11.4 Å². The largest absolute Gasteiger partial charge is 0.374 e. The molecule has 2 N–H and O–H groups in total. The normalized spacial score (nSPS) is 29.0. The van der Waals surface area contributed by atoms with Gasteiger partial charge in [-0.2, -0.15) is 0 Å². The summed E-state index contributed by atoms with van der Waals surface area (Å²) in [6.45, 7) is 17.5. The lowest BCUT2D eigenvalue weighted by Crippen LogP contribution is -2.54. The van der Waals surface area contributed by atoms with Crippen LogP contribution in [0.15, 0.2) is 36.4 Å². The molecule has 6 unspecified atom stereocenters. The second-order valence-electron chi connectivity index (χ2n) is 12.3. The number of hydrogen-bond acceptors (Lipinski definition) is 4. The first-order chi connectivity index (χ1) is 17.5. The minimum absolute atomic E-state index is 0.0281. The van der Waals surface area contributed by atoms with Gasteiger partial charge in [0.05, 0.1) is 0 Å². The van der Waals surface area contributed by atoms with Gasteiger partial charge < -0.3 is 20.0 Å². The summed E-state index contributed by atoms with van der Waals surface area (Å²) in [4.78, 5) is 4.50. The molecule has 0 bridgehead atoms. The molecule has 37 heavy (non-hydrogen) atoms. The van der Waals surface area contributed by atoms with Crippen LogP contribution in [0.2, 0.25) is 0 Å². The van der Waals surface area contributed by atoms with Crippen LogP contribution in [0, 0.1) is 0 Å². The summed E-state index contributed by atoms with van der Waals surface area (Å²) >= 11 is 0. The lowest BCUT2D eigenvalue weighted by atomic mass is 9.74. The quantitative estimate of drug-likeness (QED) is 0.385. The molecular weight excluding hydrogens is 456 g/mol. The van der Waals surface area contributed by atoms with E-state index >= 15 is 0 Å². The van der Waals surface area contributed by atoms with Crippen LogP contribution >= 0.6 is 0 Å². The Balaban J connectivity index is 1.70. The van der Waals surface area contributed by atoms with E-state index in [-0.39, 0.29) is 11.1 Å². The number of anilines is 2. The number of aliphatic hydroxyl groups excluding tert-OH is 2. The summed E-state index contributed by atoms with van der Waals surface area (Å²) in [7, 11) is 0. The van der Waals surface area contributed by atoms with E-state index in [0.717, 1.165) is 44.9 Å². The van der Waals surface area contributed by atoms with Crippen molar-refractivity contribution in [3.8, 4) is 0 Å². The van der Waals surface area contributed by atoms with Crippen LogP contribution in [0.3, 0.4) is 0 Å². The van der Waals surface area contributed by atoms with Crippen LogP contribution < -0.4 is 9.80 Å². The molecule has 204 valence electrons. The van der Waals surface area contributed by atoms with Crippen LogP contribution in [-0.4, -0.2) is 33.7 Å². The maximum Gasteiger partial charge on any atom is 0.124 e. The van der Waals surface area contributed by atoms with Crippen molar-refractivity contribution >= 4 is 11.4 Å². The summed E-state index contributed by atoms with van der Waals surface area (Å²) < 4.78 is 0. The zero-order chi connectivity index (χ0) is 27.1. The minimum Gasteiger partial charge on any atom is -0.374 e. The highest BCUT2D eigenvalue weighted by molar-refractivity contribution is 5.63. The summed E-state index contributed by atoms with van der Waals surface area (Å²) in [6.07, 6.45) is 6.28. The molecule has 0 aromatic heterocycles. The molecule has 2 aliphatic rings. The Morgan fingerprint density at radius 2 is 1.11 bits per heavy atom. The van der Waals surface area contributed by atoms with Gasteiger partial charge in [0.15, 0.2) is 0 Å². The summed E-state index contributed by atoms with van der Waals surface area (Å²) in [5.74, 6) is 1.02. The number of nitrogens with zero attached hydrogens (tertiary/aromatic N) is 2. The summed E-state index contributed by atoms with van der Waals surface area (Å²) in [5, 5.41) is 21.5. The van der Waals surface area contributed by atoms with E-state index in [0.29, 0.717) is 11.8 Å². The predicted octanol–water partition coefficient (Wildman–Crippen LogP) is 7.70. The van der Waals surface area contributed by atoms with E-state index in [1.54, 1.807) is 0 Å². The van der Waals surface area contributed by atoms with Crippen molar-refractivity contribution in [2.75, 3.05) is 9.80 Å². The van der Waals surface area contributed by atoms with Crippen molar-refractivity contribution in [3.63, 3.8) is 0 Å². The molecule has 0 fully saturated rings. The van der Waals surface area contributed by atoms with Crippen LogP contribution in [0.5, 0.6) is 0 Å². The first-order valence-electron chi connectivity index (χ1n) is 14.7. The Hall–Kier alpha value is -2.04. The highest BCUT2D eigenvalue weighted by Crippen LogP contribution is 2.49. The van der Waals surface area contributed by atoms with Gasteiger partial charge in [-0.25, -0.2) is 0 Å². The Bertz CT molecular complexity index is 1010. The van der Waals surface area contributed by atoms with Crippen LogP contribution in [0.25, 0.3) is 0 Å². The average Bonchev–Trinajstić information content (AvgIpc) is 2.87. The van der Waals surface area contributed by atoms with Gasteiger partial charge in [0, 0.05) is 22.5 Å². The fourth-order valence-electron chi connectivity index (χ4n) is 7.48. The lowest BCUT2D eigenvalue weighted by molar-refractivity contribution is 0.140. The standard InChI is InChI=1S/C33H50N2O2/c1-9-26-20-32(7,11-3)34(22(5)36)30-15-13-24(18-28(26)30)17-25-14-16-31-29(19-25)27(10-2)21-33(8,12-4)35(31)23(6)37/h13-16,18-19,22-23,26-27,36-37H,9-12,17,20-21H2,1-8H3. The third-order valence-electron chi connectivity index (χ3n) is 9.78. The number of fused-ring (bicyclic) bond motifs is 2. The van der Waals surface area contributed by atoms with E-state index in [2.05, 4.69) is 87.7 Å². The third-order valence-corrected chi connectivity index (χ3v) is 9.78. The molecule has 0 saturated heterocycles. The SMILES string of the molecule is CCC1CC(C)(CC)N(C(C)O)c2ccc(Cc3ccc4c(c3)C(CC)CC(C)(CC)N4C(C)O)cc21. The molecule has 0 radical (unpaired) electrons. The molecule has 0 saturated carbocycles. The van der Waals surface area contributed by atoms with Gasteiger partial charge >= 0.3 is 0 Å². The highest BCUT2D eigenvalue weighted by atomic mass is 16.3. The van der Waals surface area contributed by atoms with Gasteiger partial charge in [-0.15, -0.1) is 0 Å². The van der Waals surface area contributed by atoms with Crippen molar-refractivity contribution in [2.24, 2.45) is 0 Å². The summed E-state index contributed by atoms with van der Waals surface area (Å²) in [5.41, 5.74) is 7.77. The second kappa shape index (κ2) is 10.6.